The molecule has 0 atom stereocenters. The standard InChI is InChI=1S/C15H10Br2N2O/c16-11-5-6-14-12(7-11)15(20)19(9-18-14)8-10-3-1-2-4-13(10)17/h1-7,9H,8H2. The molecule has 0 bridgehead atoms. The molecule has 1 aromatic heterocycles. The maximum absolute atomic E-state index is 12.5. The topological polar surface area (TPSA) is 34.9 Å². The fraction of sp³-hybridized carbons (Fsp3) is 0.0667. The third-order valence-electron chi connectivity index (χ3n) is 3.08. The maximum Gasteiger partial charge on any atom is 0.261 e. The van der Waals surface area contributed by atoms with E-state index < -0.39 is 0 Å². The largest absolute Gasteiger partial charge is 0.294 e. The lowest BCUT2D eigenvalue weighted by Crippen LogP contribution is -2.21. The van der Waals surface area contributed by atoms with Crippen molar-refractivity contribution < 1.29 is 0 Å². The lowest BCUT2D eigenvalue weighted by Gasteiger charge is -2.08. The lowest BCUT2D eigenvalue weighted by molar-refractivity contribution is 0.746. The third-order valence-corrected chi connectivity index (χ3v) is 4.35. The Morgan fingerprint density at radius 3 is 2.70 bits per heavy atom. The first-order valence-corrected chi connectivity index (χ1v) is 7.62. The summed E-state index contributed by atoms with van der Waals surface area (Å²) < 4.78 is 3.48. The van der Waals surface area contributed by atoms with Crippen LogP contribution in [0.5, 0.6) is 0 Å². The first kappa shape index (κ1) is 13.5. The van der Waals surface area contributed by atoms with Crippen LogP contribution in [0.2, 0.25) is 0 Å². The van der Waals surface area contributed by atoms with Crippen LogP contribution in [0.4, 0.5) is 0 Å². The van der Waals surface area contributed by atoms with Gasteiger partial charge in [-0.25, -0.2) is 4.98 Å². The minimum atomic E-state index is -0.0351. The number of rotatable bonds is 2. The highest BCUT2D eigenvalue weighted by Gasteiger charge is 2.06. The van der Waals surface area contributed by atoms with Gasteiger partial charge in [0.05, 0.1) is 23.8 Å². The molecule has 2 aromatic carbocycles. The van der Waals surface area contributed by atoms with Gasteiger partial charge in [-0.2, -0.15) is 0 Å². The van der Waals surface area contributed by atoms with Crippen LogP contribution in [-0.2, 0) is 6.54 Å². The van der Waals surface area contributed by atoms with Gasteiger partial charge in [-0.15, -0.1) is 0 Å². The fourth-order valence-electron chi connectivity index (χ4n) is 2.05. The van der Waals surface area contributed by atoms with E-state index in [1.54, 1.807) is 17.0 Å². The van der Waals surface area contributed by atoms with E-state index in [1.807, 2.05) is 36.4 Å². The second-order valence-corrected chi connectivity index (χ2v) is 6.20. The van der Waals surface area contributed by atoms with Gasteiger partial charge in [-0.3, -0.25) is 9.36 Å². The van der Waals surface area contributed by atoms with Crippen LogP contribution in [0.1, 0.15) is 5.56 Å². The summed E-state index contributed by atoms with van der Waals surface area (Å²) >= 11 is 6.88. The minimum Gasteiger partial charge on any atom is -0.294 e. The molecule has 1 heterocycles. The average molecular weight is 394 g/mol. The summed E-state index contributed by atoms with van der Waals surface area (Å²) in [6.45, 7) is 0.496. The summed E-state index contributed by atoms with van der Waals surface area (Å²) in [4.78, 5) is 16.8. The summed E-state index contributed by atoms with van der Waals surface area (Å²) in [6, 6.07) is 13.4. The number of hydrogen-bond acceptors (Lipinski definition) is 2. The predicted molar refractivity (Wildman–Crippen MR) is 86.9 cm³/mol. The van der Waals surface area contributed by atoms with Crippen molar-refractivity contribution in [2.75, 3.05) is 0 Å². The molecular formula is C15H10Br2N2O. The zero-order valence-electron chi connectivity index (χ0n) is 10.4. The van der Waals surface area contributed by atoms with Crippen LogP contribution >= 0.6 is 31.9 Å². The van der Waals surface area contributed by atoms with E-state index in [2.05, 4.69) is 36.8 Å². The van der Waals surface area contributed by atoms with Crippen LogP contribution in [0.3, 0.4) is 0 Å². The molecule has 0 unspecified atom stereocenters. The van der Waals surface area contributed by atoms with Gasteiger partial charge in [0, 0.05) is 8.95 Å². The van der Waals surface area contributed by atoms with Crippen molar-refractivity contribution in [3.63, 3.8) is 0 Å². The van der Waals surface area contributed by atoms with Gasteiger partial charge in [0.15, 0.2) is 0 Å². The van der Waals surface area contributed by atoms with Crippen molar-refractivity contribution in [2.24, 2.45) is 0 Å². The summed E-state index contributed by atoms with van der Waals surface area (Å²) in [7, 11) is 0. The second kappa shape index (κ2) is 5.50. The summed E-state index contributed by atoms with van der Waals surface area (Å²) in [5.41, 5.74) is 1.72. The zero-order valence-corrected chi connectivity index (χ0v) is 13.6. The molecule has 0 fully saturated rings. The fourth-order valence-corrected chi connectivity index (χ4v) is 2.83. The molecule has 0 radical (unpaired) electrons. The van der Waals surface area contributed by atoms with Crippen molar-refractivity contribution in [1.82, 2.24) is 9.55 Å². The van der Waals surface area contributed by atoms with Gasteiger partial charge in [-0.1, -0.05) is 50.1 Å². The molecule has 0 N–H and O–H groups in total. The summed E-state index contributed by atoms with van der Waals surface area (Å²) in [5, 5.41) is 0.619. The molecule has 0 amide bonds. The summed E-state index contributed by atoms with van der Waals surface area (Å²) in [5.74, 6) is 0. The molecule has 0 aliphatic heterocycles. The number of halogens is 2. The lowest BCUT2D eigenvalue weighted by atomic mass is 10.2. The second-order valence-electron chi connectivity index (χ2n) is 4.43. The Balaban J connectivity index is 2.11. The SMILES string of the molecule is O=c1c2cc(Br)ccc2ncn1Cc1ccccc1Br. The van der Waals surface area contributed by atoms with Gasteiger partial charge >= 0.3 is 0 Å². The maximum atomic E-state index is 12.5. The molecule has 3 nitrogen and oxygen atoms in total. The number of benzene rings is 2. The Morgan fingerprint density at radius 2 is 1.90 bits per heavy atom. The predicted octanol–water partition coefficient (Wildman–Crippen LogP) is 3.97. The van der Waals surface area contributed by atoms with Crippen LogP contribution in [-0.4, -0.2) is 9.55 Å². The number of aromatic nitrogens is 2. The smallest absolute Gasteiger partial charge is 0.261 e. The number of hydrogen-bond donors (Lipinski definition) is 0. The minimum absolute atomic E-state index is 0.0351. The van der Waals surface area contributed by atoms with Gasteiger partial charge < -0.3 is 0 Å². The molecular weight excluding hydrogens is 384 g/mol. The Kier molecular flexibility index (Phi) is 3.72. The summed E-state index contributed by atoms with van der Waals surface area (Å²) in [6.07, 6.45) is 1.60. The molecule has 20 heavy (non-hydrogen) atoms. The Hall–Kier alpha value is -1.46. The average Bonchev–Trinajstić information content (AvgIpc) is 2.45. The first-order chi connectivity index (χ1) is 9.65. The van der Waals surface area contributed by atoms with Gasteiger partial charge in [0.25, 0.3) is 5.56 Å². The van der Waals surface area contributed by atoms with Crippen molar-refractivity contribution in [3.05, 3.63) is 73.7 Å². The van der Waals surface area contributed by atoms with E-state index in [0.717, 1.165) is 14.5 Å². The normalized spacial score (nSPS) is 10.9. The van der Waals surface area contributed by atoms with Crippen molar-refractivity contribution in [2.45, 2.75) is 6.54 Å². The molecule has 0 saturated carbocycles. The van der Waals surface area contributed by atoms with Crippen LogP contribution in [0.15, 0.2) is 62.5 Å². The molecule has 0 aliphatic carbocycles. The van der Waals surface area contributed by atoms with Crippen LogP contribution in [0.25, 0.3) is 10.9 Å². The molecule has 100 valence electrons. The highest BCUT2D eigenvalue weighted by molar-refractivity contribution is 9.10. The van der Waals surface area contributed by atoms with E-state index in [9.17, 15) is 4.79 Å². The van der Waals surface area contributed by atoms with Gasteiger partial charge in [0.1, 0.15) is 0 Å². The molecule has 0 aliphatic rings. The quantitative estimate of drug-likeness (QED) is 0.660. The van der Waals surface area contributed by atoms with Gasteiger partial charge in [-0.05, 0) is 29.8 Å². The first-order valence-electron chi connectivity index (χ1n) is 6.03. The zero-order chi connectivity index (χ0) is 14.1. The monoisotopic (exact) mass is 392 g/mol. The molecule has 5 heteroatoms. The molecule has 0 saturated heterocycles. The van der Waals surface area contributed by atoms with E-state index in [0.29, 0.717) is 17.4 Å². The van der Waals surface area contributed by atoms with Gasteiger partial charge in [0.2, 0.25) is 0 Å². The van der Waals surface area contributed by atoms with E-state index in [-0.39, 0.29) is 5.56 Å². The Labute approximate surface area is 132 Å². The Bertz CT molecular complexity index is 843. The highest BCUT2D eigenvalue weighted by Crippen LogP contribution is 2.18. The number of fused-ring (bicyclic) bond motifs is 1. The number of nitrogens with zero attached hydrogens (tertiary/aromatic N) is 2. The van der Waals surface area contributed by atoms with E-state index in [4.69, 9.17) is 0 Å². The Morgan fingerprint density at radius 1 is 1.10 bits per heavy atom. The van der Waals surface area contributed by atoms with Crippen molar-refractivity contribution >= 4 is 42.8 Å². The van der Waals surface area contributed by atoms with Crippen LogP contribution < -0.4 is 5.56 Å². The third kappa shape index (κ3) is 2.55. The highest BCUT2D eigenvalue weighted by atomic mass is 79.9. The molecule has 0 spiro atoms. The van der Waals surface area contributed by atoms with Crippen LogP contribution in [0, 0.1) is 0 Å². The van der Waals surface area contributed by atoms with E-state index in [1.165, 1.54) is 0 Å². The molecule has 3 rings (SSSR count). The van der Waals surface area contributed by atoms with Crippen molar-refractivity contribution in [3.8, 4) is 0 Å². The van der Waals surface area contributed by atoms with E-state index >= 15 is 0 Å². The van der Waals surface area contributed by atoms with Crippen molar-refractivity contribution in [1.29, 1.82) is 0 Å². The molecule has 3 aromatic rings.